The van der Waals surface area contributed by atoms with Gasteiger partial charge in [0.05, 0.1) is 28.7 Å². The van der Waals surface area contributed by atoms with Crippen molar-refractivity contribution < 1.29 is 14.3 Å². The van der Waals surface area contributed by atoms with E-state index < -0.39 is 6.04 Å². The molecule has 2 aromatic rings. The lowest BCUT2D eigenvalue weighted by molar-refractivity contribution is -0.140. The average molecular weight is 565 g/mol. The van der Waals surface area contributed by atoms with E-state index in [-0.39, 0.29) is 23.3 Å². The van der Waals surface area contributed by atoms with Crippen LogP contribution in [0.2, 0.25) is 0 Å². The van der Waals surface area contributed by atoms with Crippen LogP contribution in [0.4, 0.5) is 0 Å². The summed E-state index contributed by atoms with van der Waals surface area (Å²) in [6, 6.07) is 7.68. The second kappa shape index (κ2) is 14.2. The molecule has 1 aromatic heterocycles. The molecule has 2 fully saturated rings. The first kappa shape index (κ1) is 30.2. The van der Waals surface area contributed by atoms with Gasteiger partial charge in [-0.1, -0.05) is 63.3 Å². The van der Waals surface area contributed by atoms with Crippen LogP contribution in [-0.4, -0.2) is 60.1 Å². The van der Waals surface area contributed by atoms with E-state index >= 15 is 0 Å². The molecule has 4 rings (SSSR count). The summed E-state index contributed by atoms with van der Waals surface area (Å²) in [6.45, 7) is 11.2. The highest BCUT2D eigenvalue weighted by Gasteiger charge is 2.41. The Labute approximate surface area is 243 Å². The monoisotopic (exact) mass is 564 g/mol. The van der Waals surface area contributed by atoms with Crippen LogP contribution in [0, 0.1) is 30.1 Å². The molecule has 1 aliphatic carbocycles. The highest BCUT2D eigenvalue weighted by Crippen LogP contribution is 2.29. The summed E-state index contributed by atoms with van der Waals surface area (Å²) < 4.78 is 6.07. The molecule has 2 aliphatic rings. The SMILES string of the molecule is CCCCOC1C[C@@H](C(=O)NCc2ccc(-c3scnc3C)cc2)N(C(=O)CC(C)(C)CNCC#CC2CC2)C1. The predicted octanol–water partition coefficient (Wildman–Crippen LogP) is 4.94. The van der Waals surface area contributed by atoms with E-state index in [2.05, 4.69) is 60.4 Å². The second-order valence-corrected chi connectivity index (χ2v) is 12.7. The first-order valence-corrected chi connectivity index (χ1v) is 15.5. The van der Waals surface area contributed by atoms with Gasteiger partial charge in [-0.2, -0.15) is 0 Å². The highest BCUT2D eigenvalue weighted by atomic mass is 32.1. The summed E-state index contributed by atoms with van der Waals surface area (Å²) in [5.74, 6) is 6.92. The number of likely N-dealkylation sites (tertiary alicyclic amines) is 1. The number of rotatable bonds is 13. The highest BCUT2D eigenvalue weighted by molar-refractivity contribution is 7.13. The Morgan fingerprint density at radius 2 is 2.00 bits per heavy atom. The minimum atomic E-state index is -0.522. The number of aromatic nitrogens is 1. The zero-order valence-electron chi connectivity index (χ0n) is 24.4. The molecule has 0 radical (unpaired) electrons. The zero-order chi connectivity index (χ0) is 28.5. The smallest absolute Gasteiger partial charge is 0.243 e. The number of benzene rings is 1. The summed E-state index contributed by atoms with van der Waals surface area (Å²) in [4.78, 5) is 34.1. The lowest BCUT2D eigenvalue weighted by Gasteiger charge is -2.29. The van der Waals surface area contributed by atoms with E-state index in [4.69, 9.17) is 4.74 Å². The molecular weight excluding hydrogens is 520 g/mol. The molecule has 1 aliphatic heterocycles. The molecular formula is C32H44N4O3S. The average Bonchev–Trinajstić information content (AvgIpc) is 3.49. The van der Waals surface area contributed by atoms with E-state index in [1.54, 1.807) is 16.2 Å². The fourth-order valence-corrected chi connectivity index (χ4v) is 5.77. The number of aryl methyl sites for hydroxylation is 1. The molecule has 2 amide bonds. The molecule has 7 nitrogen and oxygen atoms in total. The largest absolute Gasteiger partial charge is 0.376 e. The number of ether oxygens (including phenoxy) is 1. The lowest BCUT2D eigenvalue weighted by atomic mass is 9.88. The van der Waals surface area contributed by atoms with Gasteiger partial charge in [0.1, 0.15) is 6.04 Å². The van der Waals surface area contributed by atoms with E-state index in [0.29, 0.717) is 51.5 Å². The Kier molecular flexibility index (Phi) is 10.8. The minimum absolute atomic E-state index is 0.00175. The lowest BCUT2D eigenvalue weighted by Crippen LogP contribution is -2.47. The third-order valence-corrected chi connectivity index (χ3v) is 8.47. The van der Waals surface area contributed by atoms with Crippen molar-refractivity contribution in [3.05, 3.63) is 41.0 Å². The molecule has 8 heteroatoms. The van der Waals surface area contributed by atoms with Gasteiger partial charge in [-0.25, -0.2) is 4.98 Å². The van der Waals surface area contributed by atoms with Crippen molar-refractivity contribution >= 4 is 23.2 Å². The number of thiazole rings is 1. The number of hydrogen-bond donors (Lipinski definition) is 2. The molecule has 2 atom stereocenters. The van der Waals surface area contributed by atoms with Gasteiger partial charge < -0.3 is 20.3 Å². The number of carbonyl (C=O) groups excluding carboxylic acids is 2. The van der Waals surface area contributed by atoms with Crippen LogP contribution in [0.15, 0.2) is 29.8 Å². The summed E-state index contributed by atoms with van der Waals surface area (Å²) in [6.07, 6.45) is 5.24. The van der Waals surface area contributed by atoms with E-state index in [9.17, 15) is 9.59 Å². The number of carbonyl (C=O) groups is 2. The van der Waals surface area contributed by atoms with Crippen molar-refractivity contribution in [2.24, 2.45) is 11.3 Å². The first-order valence-electron chi connectivity index (χ1n) is 14.6. The number of amides is 2. The standard InChI is InChI=1S/C32H44N4O3S/c1-5-6-16-39-27-17-28(31(38)34-19-25-11-13-26(14-12-25)30-23(2)35-22-40-30)36(20-27)29(37)18-32(3,4)21-33-15-7-8-24-9-10-24/h11-14,22,24,27-28,33H,5-6,9-10,15-21H2,1-4H3,(H,34,38)/t27?,28-/m0/s1. The van der Waals surface area contributed by atoms with E-state index in [0.717, 1.165) is 34.5 Å². The van der Waals surface area contributed by atoms with Crippen molar-refractivity contribution in [2.75, 3.05) is 26.2 Å². The zero-order valence-corrected chi connectivity index (χ0v) is 25.2. The van der Waals surface area contributed by atoms with Gasteiger partial charge in [0.25, 0.3) is 0 Å². The van der Waals surface area contributed by atoms with Gasteiger partial charge in [0.15, 0.2) is 0 Å². The van der Waals surface area contributed by atoms with Crippen LogP contribution >= 0.6 is 11.3 Å². The van der Waals surface area contributed by atoms with E-state index in [1.807, 2.05) is 24.6 Å². The maximum Gasteiger partial charge on any atom is 0.243 e. The predicted molar refractivity (Wildman–Crippen MR) is 161 cm³/mol. The molecule has 0 bridgehead atoms. The van der Waals surface area contributed by atoms with E-state index in [1.165, 1.54) is 12.8 Å². The van der Waals surface area contributed by atoms with Gasteiger partial charge >= 0.3 is 0 Å². The molecule has 1 unspecified atom stereocenters. The molecule has 1 saturated carbocycles. The summed E-state index contributed by atoms with van der Waals surface area (Å²) in [7, 11) is 0. The molecule has 1 saturated heterocycles. The molecule has 2 N–H and O–H groups in total. The van der Waals surface area contributed by atoms with Crippen LogP contribution in [0.3, 0.4) is 0 Å². The summed E-state index contributed by atoms with van der Waals surface area (Å²) >= 11 is 1.63. The fraction of sp³-hybridized carbons (Fsp3) is 0.594. The van der Waals surface area contributed by atoms with Crippen LogP contribution in [0.1, 0.15) is 70.6 Å². The first-order chi connectivity index (χ1) is 19.3. The maximum atomic E-state index is 13.5. The van der Waals surface area contributed by atoms with Crippen molar-refractivity contribution in [3.63, 3.8) is 0 Å². The Balaban J connectivity index is 1.33. The minimum Gasteiger partial charge on any atom is -0.376 e. The van der Waals surface area contributed by atoms with Crippen molar-refractivity contribution in [3.8, 4) is 22.3 Å². The number of hydrogen-bond acceptors (Lipinski definition) is 6. The molecule has 40 heavy (non-hydrogen) atoms. The Morgan fingerprint density at radius 1 is 1.23 bits per heavy atom. The Bertz CT molecular complexity index is 1190. The van der Waals surface area contributed by atoms with Gasteiger partial charge in [0.2, 0.25) is 11.8 Å². The number of unbranched alkanes of at least 4 members (excludes halogenated alkanes) is 1. The Hall–Kier alpha value is -2.73. The van der Waals surface area contributed by atoms with Crippen LogP contribution in [0.25, 0.3) is 10.4 Å². The summed E-state index contributed by atoms with van der Waals surface area (Å²) in [5, 5.41) is 6.46. The molecule has 1 aromatic carbocycles. The van der Waals surface area contributed by atoms with Crippen molar-refractivity contribution in [1.29, 1.82) is 0 Å². The van der Waals surface area contributed by atoms with Gasteiger partial charge in [-0.05, 0) is 42.7 Å². The van der Waals surface area contributed by atoms with Gasteiger partial charge in [0, 0.05) is 45.0 Å². The van der Waals surface area contributed by atoms with Gasteiger partial charge in [-0.3, -0.25) is 9.59 Å². The fourth-order valence-electron chi connectivity index (χ4n) is 4.96. The topological polar surface area (TPSA) is 83.6 Å². The molecule has 216 valence electrons. The van der Waals surface area contributed by atoms with Crippen LogP contribution < -0.4 is 10.6 Å². The van der Waals surface area contributed by atoms with Crippen molar-refractivity contribution in [1.82, 2.24) is 20.5 Å². The van der Waals surface area contributed by atoms with Crippen LogP contribution in [-0.2, 0) is 20.9 Å². The van der Waals surface area contributed by atoms with Crippen molar-refractivity contribution in [2.45, 2.75) is 84.9 Å². The summed E-state index contributed by atoms with van der Waals surface area (Å²) in [5.41, 5.74) is 4.77. The normalized spacial score (nSPS) is 18.9. The maximum absolute atomic E-state index is 13.5. The van der Waals surface area contributed by atoms with Crippen LogP contribution in [0.5, 0.6) is 0 Å². The number of nitrogens with zero attached hydrogens (tertiary/aromatic N) is 2. The third-order valence-electron chi connectivity index (χ3n) is 7.50. The second-order valence-electron chi connectivity index (χ2n) is 11.9. The quantitative estimate of drug-likeness (QED) is 0.266. The number of nitrogens with one attached hydrogen (secondary N) is 2. The Morgan fingerprint density at radius 3 is 2.67 bits per heavy atom. The third kappa shape index (κ3) is 8.89. The molecule has 0 spiro atoms. The van der Waals surface area contributed by atoms with Gasteiger partial charge in [-0.15, -0.1) is 11.3 Å². The molecule has 2 heterocycles.